The lowest BCUT2D eigenvalue weighted by Gasteiger charge is -2.34. The zero-order valence-electron chi connectivity index (χ0n) is 17.0. The predicted molar refractivity (Wildman–Crippen MR) is 113 cm³/mol. The summed E-state index contributed by atoms with van der Waals surface area (Å²) in [4.78, 5) is 47.6. The largest absolute Gasteiger partial charge is 0.495 e. The van der Waals surface area contributed by atoms with Crippen LogP contribution in [-0.2, 0) is 9.59 Å². The van der Waals surface area contributed by atoms with Gasteiger partial charge in [0, 0.05) is 19.0 Å². The molecule has 1 aromatic heterocycles. The number of anilines is 3. The Hall–Kier alpha value is -3.36. The van der Waals surface area contributed by atoms with Crippen LogP contribution >= 0.6 is 0 Å². The molecule has 1 saturated heterocycles. The maximum atomic E-state index is 13.0. The summed E-state index contributed by atoms with van der Waals surface area (Å²) >= 11 is 0. The van der Waals surface area contributed by atoms with E-state index in [1.807, 2.05) is 4.90 Å². The topological polar surface area (TPSA) is 116 Å². The Bertz CT molecular complexity index is 1030. The number of nitrogens with zero attached hydrogens (tertiary/aromatic N) is 2. The third kappa shape index (κ3) is 3.74. The second-order valence-electron chi connectivity index (χ2n) is 7.68. The molecule has 1 fully saturated rings. The number of carbonyl (C=O) groups excluding carboxylic acids is 2. The summed E-state index contributed by atoms with van der Waals surface area (Å²) in [6, 6.07) is 7.21. The fourth-order valence-corrected chi connectivity index (χ4v) is 4.10. The van der Waals surface area contributed by atoms with E-state index in [1.54, 1.807) is 24.3 Å². The van der Waals surface area contributed by atoms with Gasteiger partial charge in [-0.25, -0.2) is 0 Å². The number of H-pyrrole nitrogens is 1. The Morgan fingerprint density at radius 2 is 2.07 bits per heavy atom. The monoisotopic (exact) mass is 411 g/mol. The minimum atomic E-state index is -0.942. The first kappa shape index (κ1) is 19.9. The first-order valence-corrected chi connectivity index (χ1v) is 10.1. The average molecular weight is 411 g/mol. The molecule has 30 heavy (non-hydrogen) atoms. The van der Waals surface area contributed by atoms with Gasteiger partial charge in [0.2, 0.25) is 17.8 Å². The van der Waals surface area contributed by atoms with Crippen molar-refractivity contribution < 1.29 is 14.3 Å². The molecule has 0 bridgehead atoms. The number of amides is 2. The molecular formula is C21H25N5O4. The fraction of sp³-hybridized carbons (Fsp3) is 0.429. The van der Waals surface area contributed by atoms with Crippen molar-refractivity contribution in [3.63, 3.8) is 0 Å². The minimum absolute atomic E-state index is 0.127. The van der Waals surface area contributed by atoms with E-state index in [4.69, 9.17) is 4.74 Å². The van der Waals surface area contributed by atoms with Gasteiger partial charge in [0.1, 0.15) is 11.6 Å². The quantitative estimate of drug-likeness (QED) is 0.710. The average Bonchev–Trinajstić information content (AvgIpc) is 2.73. The van der Waals surface area contributed by atoms with E-state index in [9.17, 15) is 14.4 Å². The summed E-state index contributed by atoms with van der Waals surface area (Å²) in [5.41, 5.74) is 0.240. The number of ether oxygens (including phenoxy) is 1. The van der Waals surface area contributed by atoms with Crippen molar-refractivity contribution in [2.45, 2.75) is 44.6 Å². The van der Waals surface area contributed by atoms with Gasteiger partial charge in [0.05, 0.1) is 24.3 Å². The second kappa shape index (κ2) is 8.17. The van der Waals surface area contributed by atoms with Crippen LogP contribution in [-0.4, -0.2) is 41.5 Å². The van der Waals surface area contributed by atoms with Gasteiger partial charge in [-0.3, -0.25) is 19.4 Å². The van der Waals surface area contributed by atoms with Crippen LogP contribution in [0.5, 0.6) is 5.75 Å². The number of hydrogen-bond acceptors (Lipinski definition) is 6. The van der Waals surface area contributed by atoms with Crippen molar-refractivity contribution in [3.05, 3.63) is 40.2 Å². The third-order valence-corrected chi connectivity index (χ3v) is 5.69. The number of nitrogens with one attached hydrogen (secondary N) is 3. The molecule has 2 aliphatic rings. The molecule has 0 unspecified atom stereocenters. The van der Waals surface area contributed by atoms with Crippen molar-refractivity contribution in [1.82, 2.24) is 9.97 Å². The van der Waals surface area contributed by atoms with E-state index in [1.165, 1.54) is 7.11 Å². The molecule has 0 spiro atoms. The van der Waals surface area contributed by atoms with Crippen molar-refractivity contribution in [2.24, 2.45) is 0 Å². The van der Waals surface area contributed by atoms with Crippen LogP contribution in [0.4, 0.5) is 17.5 Å². The highest BCUT2D eigenvalue weighted by Gasteiger charge is 2.35. The number of carbonyl (C=O) groups is 2. The number of benzene rings is 1. The van der Waals surface area contributed by atoms with Crippen molar-refractivity contribution in [1.29, 1.82) is 0 Å². The molecule has 2 aromatic rings. The van der Waals surface area contributed by atoms with Crippen LogP contribution in [0.3, 0.4) is 0 Å². The first-order valence-electron chi connectivity index (χ1n) is 10.1. The van der Waals surface area contributed by atoms with Crippen LogP contribution in [0, 0.1) is 0 Å². The van der Waals surface area contributed by atoms with Gasteiger partial charge >= 0.3 is 0 Å². The highest BCUT2D eigenvalue weighted by molar-refractivity contribution is 6.04. The number of fused-ring (bicyclic) bond motifs is 1. The standard InChI is InChI=1S/C21H25N5O4/c1-12-7-5-6-10-26(12)21-24-18-17(20(29)25-21)13(11-16(27)23-18)19(28)22-14-8-3-4-9-15(14)30-2/h3-4,8-9,12-13H,5-7,10-11H2,1-2H3,(H,22,28)(H2,23,24,25,27,29)/t12-,13+/m0/s1. The second-order valence-corrected chi connectivity index (χ2v) is 7.68. The highest BCUT2D eigenvalue weighted by atomic mass is 16.5. The lowest BCUT2D eigenvalue weighted by atomic mass is 9.92. The Morgan fingerprint density at radius 3 is 2.83 bits per heavy atom. The van der Waals surface area contributed by atoms with Crippen molar-refractivity contribution in [3.8, 4) is 5.75 Å². The van der Waals surface area contributed by atoms with Gasteiger partial charge in [-0.15, -0.1) is 0 Å². The first-order chi connectivity index (χ1) is 14.5. The summed E-state index contributed by atoms with van der Waals surface area (Å²) in [5.74, 6) is -0.670. The number of aromatic nitrogens is 2. The Kier molecular flexibility index (Phi) is 5.43. The van der Waals surface area contributed by atoms with Crippen LogP contribution in [0.15, 0.2) is 29.1 Å². The van der Waals surface area contributed by atoms with E-state index in [-0.39, 0.29) is 29.8 Å². The van der Waals surface area contributed by atoms with E-state index >= 15 is 0 Å². The molecule has 2 aliphatic heterocycles. The number of piperidine rings is 1. The molecule has 0 aliphatic carbocycles. The summed E-state index contributed by atoms with van der Waals surface area (Å²) < 4.78 is 5.26. The molecule has 9 nitrogen and oxygen atoms in total. The van der Waals surface area contributed by atoms with Crippen LogP contribution < -0.4 is 25.8 Å². The fourth-order valence-electron chi connectivity index (χ4n) is 4.10. The van der Waals surface area contributed by atoms with Crippen molar-refractivity contribution >= 4 is 29.3 Å². The molecule has 4 rings (SSSR count). The number of methoxy groups -OCH3 is 1. The number of aromatic amines is 1. The summed E-state index contributed by atoms with van der Waals surface area (Å²) in [6.07, 6.45) is 3.03. The van der Waals surface area contributed by atoms with Gasteiger partial charge in [0.15, 0.2) is 0 Å². The van der Waals surface area contributed by atoms with Gasteiger partial charge in [-0.05, 0) is 38.3 Å². The lowest BCUT2D eigenvalue weighted by Crippen LogP contribution is -2.42. The Labute approximate surface area is 173 Å². The van der Waals surface area contributed by atoms with E-state index in [0.717, 1.165) is 25.8 Å². The molecule has 9 heteroatoms. The van der Waals surface area contributed by atoms with Crippen molar-refractivity contribution in [2.75, 3.05) is 29.2 Å². The zero-order valence-corrected chi connectivity index (χ0v) is 17.0. The van der Waals surface area contributed by atoms with E-state index in [0.29, 0.717) is 17.4 Å². The molecule has 0 saturated carbocycles. The Morgan fingerprint density at radius 1 is 1.27 bits per heavy atom. The summed E-state index contributed by atoms with van der Waals surface area (Å²) in [7, 11) is 1.51. The zero-order chi connectivity index (χ0) is 21.3. The number of rotatable bonds is 4. The summed E-state index contributed by atoms with van der Waals surface area (Å²) in [5, 5.41) is 5.43. The predicted octanol–water partition coefficient (Wildman–Crippen LogP) is 2.22. The normalized spacial score (nSPS) is 20.9. The third-order valence-electron chi connectivity index (χ3n) is 5.69. The maximum absolute atomic E-state index is 13.0. The summed E-state index contributed by atoms with van der Waals surface area (Å²) in [6.45, 7) is 2.87. The smallest absolute Gasteiger partial charge is 0.258 e. The number of para-hydroxylation sites is 2. The SMILES string of the molecule is COc1ccccc1NC(=O)[C@@H]1CC(=O)Nc2nc(N3CCCC[C@@H]3C)[nH]c(=O)c21. The van der Waals surface area contributed by atoms with E-state index in [2.05, 4.69) is 27.5 Å². The molecule has 1 aromatic carbocycles. The maximum Gasteiger partial charge on any atom is 0.258 e. The Balaban J connectivity index is 1.67. The van der Waals surface area contributed by atoms with Gasteiger partial charge < -0.3 is 20.3 Å². The van der Waals surface area contributed by atoms with Crippen LogP contribution in [0.2, 0.25) is 0 Å². The minimum Gasteiger partial charge on any atom is -0.495 e. The lowest BCUT2D eigenvalue weighted by molar-refractivity contribution is -0.123. The molecule has 0 radical (unpaired) electrons. The van der Waals surface area contributed by atoms with Crippen LogP contribution in [0.25, 0.3) is 0 Å². The molecule has 3 heterocycles. The molecule has 158 valence electrons. The van der Waals surface area contributed by atoms with E-state index < -0.39 is 17.4 Å². The highest BCUT2D eigenvalue weighted by Crippen LogP contribution is 2.32. The van der Waals surface area contributed by atoms with Crippen LogP contribution in [0.1, 0.15) is 44.1 Å². The van der Waals surface area contributed by atoms with Gasteiger partial charge in [-0.2, -0.15) is 4.98 Å². The molecule has 3 N–H and O–H groups in total. The van der Waals surface area contributed by atoms with Gasteiger partial charge in [0.25, 0.3) is 5.56 Å². The molecular weight excluding hydrogens is 386 g/mol. The van der Waals surface area contributed by atoms with Gasteiger partial charge in [-0.1, -0.05) is 12.1 Å². The molecule has 2 amide bonds. The number of hydrogen-bond donors (Lipinski definition) is 3. The molecule has 2 atom stereocenters.